The molecule has 0 atom stereocenters. The number of halogens is 3. The van der Waals surface area contributed by atoms with Gasteiger partial charge < -0.3 is 10.1 Å². The van der Waals surface area contributed by atoms with Gasteiger partial charge in [0.25, 0.3) is 5.91 Å². The molecule has 6 nitrogen and oxygen atoms in total. The molecule has 9 heteroatoms. The van der Waals surface area contributed by atoms with Crippen molar-refractivity contribution in [2.45, 2.75) is 20.0 Å². The number of pyridine rings is 1. The Kier molecular flexibility index (Phi) is 4.54. The molecule has 2 heterocycles. The normalized spacial score (nSPS) is 11.6. The Morgan fingerprint density at radius 2 is 2.08 bits per heavy atom. The van der Waals surface area contributed by atoms with Crippen LogP contribution in [0.2, 0.25) is 0 Å². The molecule has 0 aliphatic rings. The van der Waals surface area contributed by atoms with E-state index in [1.54, 1.807) is 19.1 Å². The predicted octanol–water partition coefficient (Wildman–Crippen LogP) is 3.94. The van der Waals surface area contributed by atoms with Gasteiger partial charge in [0.05, 0.1) is 17.8 Å². The molecule has 0 spiro atoms. The highest BCUT2D eigenvalue weighted by Gasteiger charge is 2.33. The lowest BCUT2D eigenvalue weighted by Gasteiger charge is -2.12. The highest BCUT2D eigenvalue weighted by atomic mass is 19.4. The highest BCUT2D eigenvalue weighted by molar-refractivity contribution is 6.05. The molecule has 0 radical (unpaired) electrons. The van der Waals surface area contributed by atoms with Crippen LogP contribution in [0.25, 0.3) is 10.9 Å². The lowest BCUT2D eigenvalue weighted by Crippen LogP contribution is -2.17. The number of hydrogen-bond donors (Lipinski definition) is 2. The van der Waals surface area contributed by atoms with E-state index in [9.17, 15) is 18.0 Å². The fourth-order valence-corrected chi connectivity index (χ4v) is 2.44. The number of alkyl halides is 3. The van der Waals surface area contributed by atoms with E-state index in [4.69, 9.17) is 4.74 Å². The zero-order valence-corrected chi connectivity index (χ0v) is 13.9. The van der Waals surface area contributed by atoms with E-state index >= 15 is 0 Å². The third-order valence-corrected chi connectivity index (χ3v) is 3.67. The molecule has 0 bridgehead atoms. The minimum absolute atomic E-state index is 0.327. The molecule has 0 aliphatic carbocycles. The van der Waals surface area contributed by atoms with E-state index < -0.39 is 17.8 Å². The summed E-state index contributed by atoms with van der Waals surface area (Å²) in [7, 11) is 0. The first-order valence-electron chi connectivity index (χ1n) is 7.76. The number of benzene rings is 1. The SMILES string of the molecule is CCOc1cc2n[nH]c(C)c2cc1NC(=O)c1cccc(C(F)(F)F)n1. The first kappa shape index (κ1) is 17.7. The quantitative estimate of drug-likeness (QED) is 0.735. The van der Waals surface area contributed by atoms with Crippen LogP contribution < -0.4 is 10.1 Å². The summed E-state index contributed by atoms with van der Waals surface area (Å²) in [5, 5.41) is 10.3. The van der Waals surface area contributed by atoms with E-state index in [0.717, 1.165) is 23.2 Å². The molecule has 0 saturated heterocycles. The molecule has 0 saturated carbocycles. The molecule has 0 aliphatic heterocycles. The summed E-state index contributed by atoms with van der Waals surface area (Å²) in [6, 6.07) is 6.47. The predicted molar refractivity (Wildman–Crippen MR) is 89.2 cm³/mol. The van der Waals surface area contributed by atoms with Crippen molar-refractivity contribution in [1.82, 2.24) is 15.2 Å². The number of fused-ring (bicyclic) bond motifs is 1. The van der Waals surface area contributed by atoms with Gasteiger partial charge in [-0.25, -0.2) is 4.98 Å². The van der Waals surface area contributed by atoms with Crippen molar-refractivity contribution in [1.29, 1.82) is 0 Å². The van der Waals surface area contributed by atoms with Crippen molar-refractivity contribution in [2.24, 2.45) is 0 Å². The summed E-state index contributed by atoms with van der Waals surface area (Å²) in [6.45, 7) is 3.94. The largest absolute Gasteiger partial charge is 0.492 e. The molecule has 2 aromatic heterocycles. The van der Waals surface area contributed by atoms with Crippen LogP contribution in [0.4, 0.5) is 18.9 Å². The second-order valence-corrected chi connectivity index (χ2v) is 5.51. The van der Waals surface area contributed by atoms with Crippen molar-refractivity contribution in [3.05, 3.63) is 47.4 Å². The number of ether oxygens (including phenoxy) is 1. The minimum atomic E-state index is -4.63. The van der Waals surface area contributed by atoms with Gasteiger partial charge in [-0.15, -0.1) is 0 Å². The Bertz CT molecular complexity index is 966. The first-order chi connectivity index (χ1) is 12.3. The first-order valence-corrected chi connectivity index (χ1v) is 7.76. The molecule has 26 heavy (non-hydrogen) atoms. The van der Waals surface area contributed by atoms with Crippen LogP contribution in [0.1, 0.15) is 28.8 Å². The van der Waals surface area contributed by atoms with Crippen molar-refractivity contribution < 1.29 is 22.7 Å². The molecule has 136 valence electrons. The maximum atomic E-state index is 12.8. The van der Waals surface area contributed by atoms with Crippen LogP contribution in [0, 0.1) is 6.92 Å². The van der Waals surface area contributed by atoms with Crippen molar-refractivity contribution in [3.8, 4) is 5.75 Å². The van der Waals surface area contributed by atoms with E-state index in [1.165, 1.54) is 6.07 Å². The fourth-order valence-electron chi connectivity index (χ4n) is 2.44. The van der Waals surface area contributed by atoms with Crippen molar-refractivity contribution in [3.63, 3.8) is 0 Å². The van der Waals surface area contributed by atoms with Gasteiger partial charge in [0, 0.05) is 17.1 Å². The number of aryl methyl sites for hydroxylation is 1. The van der Waals surface area contributed by atoms with Crippen LogP contribution in [-0.2, 0) is 6.18 Å². The maximum absolute atomic E-state index is 12.8. The zero-order chi connectivity index (χ0) is 18.9. The number of hydrogen-bond acceptors (Lipinski definition) is 4. The summed E-state index contributed by atoms with van der Waals surface area (Å²) in [4.78, 5) is 15.8. The monoisotopic (exact) mass is 364 g/mol. The number of nitrogens with zero attached hydrogens (tertiary/aromatic N) is 2. The van der Waals surface area contributed by atoms with E-state index in [-0.39, 0.29) is 5.69 Å². The average Bonchev–Trinajstić information content (AvgIpc) is 2.95. The molecule has 3 rings (SSSR count). The second-order valence-electron chi connectivity index (χ2n) is 5.51. The number of rotatable bonds is 4. The van der Waals surface area contributed by atoms with Gasteiger partial charge in [-0.1, -0.05) is 6.07 Å². The van der Waals surface area contributed by atoms with Crippen molar-refractivity contribution >= 4 is 22.5 Å². The van der Waals surface area contributed by atoms with E-state index in [0.29, 0.717) is 23.6 Å². The summed E-state index contributed by atoms with van der Waals surface area (Å²) in [6.07, 6.45) is -4.63. The van der Waals surface area contributed by atoms with Crippen LogP contribution in [0.15, 0.2) is 30.3 Å². The fraction of sp³-hybridized carbons (Fsp3) is 0.235. The number of amides is 1. The van der Waals surface area contributed by atoms with Crippen LogP contribution in [0.5, 0.6) is 5.75 Å². The number of carbonyl (C=O) groups excluding carboxylic acids is 1. The zero-order valence-electron chi connectivity index (χ0n) is 13.9. The van der Waals surface area contributed by atoms with Gasteiger partial charge in [0.1, 0.15) is 17.1 Å². The smallest absolute Gasteiger partial charge is 0.433 e. The molecule has 3 aromatic rings. The van der Waals surface area contributed by atoms with E-state index in [2.05, 4.69) is 20.5 Å². The third-order valence-electron chi connectivity index (χ3n) is 3.67. The number of aromatic amines is 1. The molecule has 0 fully saturated rings. The standard InChI is InChI=1S/C17H15F3N4O2/c1-3-26-14-8-12-10(9(2)23-24-12)7-13(14)22-16(25)11-5-4-6-15(21-11)17(18,19)20/h4-8H,3H2,1-2H3,(H,22,25)(H,23,24). The summed E-state index contributed by atoms with van der Waals surface area (Å²) >= 11 is 0. The molecule has 2 N–H and O–H groups in total. The highest BCUT2D eigenvalue weighted by Crippen LogP contribution is 2.32. The lowest BCUT2D eigenvalue weighted by atomic mass is 10.1. The third kappa shape index (κ3) is 3.46. The van der Waals surface area contributed by atoms with Crippen molar-refractivity contribution in [2.75, 3.05) is 11.9 Å². The van der Waals surface area contributed by atoms with Crippen LogP contribution in [-0.4, -0.2) is 27.7 Å². The Morgan fingerprint density at radius 1 is 1.31 bits per heavy atom. The number of anilines is 1. The Morgan fingerprint density at radius 3 is 2.77 bits per heavy atom. The van der Waals surface area contributed by atoms with Gasteiger partial charge in [-0.3, -0.25) is 9.89 Å². The summed E-state index contributed by atoms with van der Waals surface area (Å²) in [5.74, 6) is -0.399. The van der Waals surface area contributed by atoms with Gasteiger partial charge >= 0.3 is 6.18 Å². The van der Waals surface area contributed by atoms with Gasteiger partial charge in [-0.05, 0) is 32.0 Å². The van der Waals surface area contributed by atoms with E-state index in [1.807, 2.05) is 6.92 Å². The molecular formula is C17H15F3N4O2. The molecule has 1 aromatic carbocycles. The van der Waals surface area contributed by atoms with Gasteiger partial charge in [0.2, 0.25) is 0 Å². The summed E-state index contributed by atoms with van der Waals surface area (Å²) < 4.78 is 43.8. The van der Waals surface area contributed by atoms with Gasteiger partial charge in [0.15, 0.2) is 0 Å². The van der Waals surface area contributed by atoms with Crippen LogP contribution >= 0.6 is 0 Å². The maximum Gasteiger partial charge on any atom is 0.433 e. The molecule has 1 amide bonds. The number of carbonyl (C=O) groups is 1. The number of H-pyrrole nitrogens is 1. The lowest BCUT2D eigenvalue weighted by molar-refractivity contribution is -0.141. The Labute approximate surface area is 146 Å². The Balaban J connectivity index is 1.96. The summed E-state index contributed by atoms with van der Waals surface area (Å²) in [5.41, 5.74) is 0.299. The molecular weight excluding hydrogens is 349 g/mol. The van der Waals surface area contributed by atoms with Crippen LogP contribution in [0.3, 0.4) is 0 Å². The number of aromatic nitrogens is 3. The average molecular weight is 364 g/mol. The topological polar surface area (TPSA) is 79.9 Å². The Hall–Kier alpha value is -3.10. The van der Waals surface area contributed by atoms with Gasteiger partial charge in [-0.2, -0.15) is 18.3 Å². The number of nitrogens with one attached hydrogen (secondary N) is 2. The minimum Gasteiger partial charge on any atom is -0.492 e. The second kappa shape index (κ2) is 6.66. The molecule has 0 unspecified atom stereocenters.